The summed E-state index contributed by atoms with van der Waals surface area (Å²) in [6.07, 6.45) is 0.748. The maximum atomic E-state index is 12.2. The largest absolute Gasteiger partial charge is 0.393 e. The number of nitrogens with one attached hydrogen (secondary N) is 1. The van der Waals surface area contributed by atoms with Crippen molar-refractivity contribution in [3.63, 3.8) is 0 Å². The maximum Gasteiger partial charge on any atom is 0.252 e. The number of likely N-dealkylation sites (N-methyl/N-ethyl adjacent to an activating group) is 1. The summed E-state index contributed by atoms with van der Waals surface area (Å²) in [6, 6.07) is 0. The molecule has 3 unspecified atom stereocenters. The average Bonchev–Trinajstić information content (AvgIpc) is 3.30. The molecule has 2 fully saturated rings. The highest BCUT2D eigenvalue weighted by Gasteiger charge is 2.47. The van der Waals surface area contributed by atoms with Crippen molar-refractivity contribution in [2.75, 3.05) is 12.3 Å². The minimum Gasteiger partial charge on any atom is -0.393 e. The number of amides is 1. The number of aromatic nitrogens is 4. The van der Waals surface area contributed by atoms with E-state index in [1.807, 2.05) is 6.92 Å². The molecular formula is C21H32N6O5. The second-order valence-electron chi connectivity index (χ2n) is 8.90. The Morgan fingerprint density at radius 1 is 1.28 bits per heavy atom. The molecule has 2 aromatic rings. The van der Waals surface area contributed by atoms with Crippen LogP contribution in [0.25, 0.3) is 11.2 Å². The molecule has 2 aromatic heterocycles. The Balaban J connectivity index is 1.55. The number of rotatable bonds is 6. The minimum absolute atomic E-state index is 0.231. The molecule has 1 amide bonds. The van der Waals surface area contributed by atoms with Crippen molar-refractivity contribution >= 4 is 22.9 Å². The van der Waals surface area contributed by atoms with Crippen molar-refractivity contribution in [1.82, 2.24) is 24.8 Å². The van der Waals surface area contributed by atoms with Gasteiger partial charge in [0.2, 0.25) is 0 Å². The molecule has 4 rings (SSSR count). The lowest BCUT2D eigenvalue weighted by Gasteiger charge is -2.29. The number of hydrogen-bond acceptors (Lipinski definition) is 9. The fourth-order valence-corrected chi connectivity index (χ4v) is 4.78. The van der Waals surface area contributed by atoms with Gasteiger partial charge in [0.1, 0.15) is 23.5 Å². The summed E-state index contributed by atoms with van der Waals surface area (Å²) in [5.41, 5.74) is 6.90. The molecule has 11 heteroatoms. The number of hydrogen-bond donors (Lipinski definition) is 5. The topological polar surface area (TPSA) is 169 Å². The molecule has 0 bridgehead atoms. The molecule has 2 aliphatic rings. The Kier molecular flexibility index (Phi) is 6.61. The van der Waals surface area contributed by atoms with E-state index in [4.69, 9.17) is 10.5 Å². The summed E-state index contributed by atoms with van der Waals surface area (Å²) in [7, 11) is 0. The van der Waals surface area contributed by atoms with E-state index in [0.717, 1.165) is 25.7 Å². The number of aliphatic hydroxyl groups excluding tert-OH is 3. The van der Waals surface area contributed by atoms with Gasteiger partial charge in [-0.1, -0.05) is 0 Å². The highest BCUT2D eigenvalue weighted by atomic mass is 16.6. The van der Waals surface area contributed by atoms with Gasteiger partial charge in [-0.25, -0.2) is 15.0 Å². The van der Waals surface area contributed by atoms with E-state index in [0.29, 0.717) is 41.8 Å². The summed E-state index contributed by atoms with van der Waals surface area (Å²) in [6.45, 7) is 3.98. The zero-order valence-electron chi connectivity index (χ0n) is 18.4. The quantitative estimate of drug-likeness (QED) is 0.405. The summed E-state index contributed by atoms with van der Waals surface area (Å²) in [4.78, 5) is 25.5. The van der Waals surface area contributed by atoms with Gasteiger partial charge in [0, 0.05) is 13.0 Å². The normalized spacial score (nSPS) is 31.7. The number of fused-ring (bicyclic) bond motifs is 1. The summed E-state index contributed by atoms with van der Waals surface area (Å²) >= 11 is 0. The number of carbonyl (C=O) groups excluding carboxylic acids is 1. The van der Waals surface area contributed by atoms with Crippen molar-refractivity contribution in [3.8, 4) is 0 Å². The third kappa shape index (κ3) is 4.29. The van der Waals surface area contributed by atoms with Gasteiger partial charge in [-0.15, -0.1) is 0 Å². The number of nitrogens with zero attached hydrogens (tertiary/aromatic N) is 4. The summed E-state index contributed by atoms with van der Waals surface area (Å²) < 4.78 is 7.20. The van der Waals surface area contributed by atoms with Gasteiger partial charge in [-0.2, -0.15) is 0 Å². The van der Waals surface area contributed by atoms with Crippen LogP contribution in [0.15, 0.2) is 6.33 Å². The molecule has 1 aliphatic heterocycles. The van der Waals surface area contributed by atoms with Crippen molar-refractivity contribution < 1.29 is 24.9 Å². The van der Waals surface area contributed by atoms with Crippen LogP contribution >= 0.6 is 0 Å². The van der Waals surface area contributed by atoms with Gasteiger partial charge in [-0.05, 0) is 51.4 Å². The lowest BCUT2D eigenvalue weighted by Crippen LogP contribution is -2.42. The third-order valence-corrected chi connectivity index (χ3v) is 6.66. The van der Waals surface area contributed by atoms with E-state index in [2.05, 4.69) is 20.3 Å². The first kappa shape index (κ1) is 22.8. The van der Waals surface area contributed by atoms with E-state index in [-0.39, 0.29) is 11.9 Å². The molecule has 0 aromatic carbocycles. The van der Waals surface area contributed by atoms with E-state index in [1.54, 1.807) is 6.92 Å². The molecule has 11 nitrogen and oxygen atoms in total. The van der Waals surface area contributed by atoms with Gasteiger partial charge >= 0.3 is 0 Å². The first-order chi connectivity index (χ1) is 15.3. The zero-order valence-corrected chi connectivity index (χ0v) is 18.4. The lowest BCUT2D eigenvalue weighted by atomic mass is 9.78. The number of imidazole rings is 1. The molecule has 1 saturated carbocycles. The van der Waals surface area contributed by atoms with Gasteiger partial charge in [0.05, 0.1) is 12.4 Å². The molecule has 5 atom stereocenters. The van der Waals surface area contributed by atoms with Crippen molar-refractivity contribution in [1.29, 1.82) is 0 Å². The van der Waals surface area contributed by atoms with Crippen LogP contribution in [0.3, 0.4) is 0 Å². The molecule has 176 valence electrons. The molecular weight excluding hydrogens is 416 g/mol. The standard InChI is InChI=1S/C21H32N6O5/c1-3-23-20(31)17-15(29)16(30)21(32-17)27-9-24-14-18(22)25-13(26-19(14)27)8-11-4-6-12(7-5-11)10(2)28/h9-12,15-17,21,28-30H,3-8H2,1-2H3,(H,23,31)(H2,22,25,26)/t10?,11?,12?,15?,16?,17-,21+/m0/s1. The Bertz CT molecular complexity index is 958. The summed E-state index contributed by atoms with van der Waals surface area (Å²) in [5.74, 6) is 1.05. The van der Waals surface area contributed by atoms with Crippen LogP contribution in [0, 0.1) is 11.8 Å². The molecule has 1 aliphatic carbocycles. The molecule has 0 radical (unpaired) electrons. The molecule has 6 N–H and O–H groups in total. The van der Waals surface area contributed by atoms with Crippen molar-refractivity contribution in [3.05, 3.63) is 12.2 Å². The minimum atomic E-state index is -1.38. The van der Waals surface area contributed by atoms with Crippen LogP contribution in [-0.2, 0) is 16.0 Å². The second-order valence-corrected chi connectivity index (χ2v) is 8.90. The Morgan fingerprint density at radius 2 is 2.00 bits per heavy atom. The number of nitrogens with two attached hydrogens (primary N) is 1. The van der Waals surface area contributed by atoms with Crippen molar-refractivity contribution in [2.45, 2.75) is 76.6 Å². The number of nitrogen functional groups attached to an aromatic ring is 1. The smallest absolute Gasteiger partial charge is 0.252 e. The third-order valence-electron chi connectivity index (χ3n) is 6.66. The van der Waals surface area contributed by atoms with Crippen LogP contribution in [0.2, 0.25) is 0 Å². The van der Waals surface area contributed by atoms with E-state index in [1.165, 1.54) is 10.9 Å². The Morgan fingerprint density at radius 3 is 2.66 bits per heavy atom. The monoisotopic (exact) mass is 448 g/mol. The highest BCUT2D eigenvalue weighted by molar-refractivity contribution is 5.83. The molecule has 3 heterocycles. The van der Waals surface area contributed by atoms with E-state index in [9.17, 15) is 20.1 Å². The van der Waals surface area contributed by atoms with E-state index >= 15 is 0 Å². The number of carbonyl (C=O) groups is 1. The SMILES string of the molecule is CCNC(=O)[C@H]1O[C@@H](n2cnc3c(N)nc(CC4CCC(C(C)O)CC4)nc32)C(O)C1O. The van der Waals surface area contributed by atoms with Crippen LogP contribution in [0.4, 0.5) is 5.82 Å². The maximum absolute atomic E-state index is 12.2. The van der Waals surface area contributed by atoms with Crippen LogP contribution < -0.4 is 11.1 Å². The summed E-state index contributed by atoms with van der Waals surface area (Å²) in [5, 5.41) is 33.3. The van der Waals surface area contributed by atoms with Crippen LogP contribution in [-0.4, -0.2) is 71.7 Å². The zero-order chi connectivity index (χ0) is 23.0. The Hall–Kier alpha value is -2.34. The van der Waals surface area contributed by atoms with Gasteiger partial charge in [-0.3, -0.25) is 9.36 Å². The fourth-order valence-electron chi connectivity index (χ4n) is 4.78. The van der Waals surface area contributed by atoms with Gasteiger partial charge in [0.25, 0.3) is 5.91 Å². The van der Waals surface area contributed by atoms with E-state index < -0.39 is 30.4 Å². The Labute approximate surface area is 186 Å². The van der Waals surface area contributed by atoms with Crippen LogP contribution in [0.5, 0.6) is 0 Å². The first-order valence-electron chi connectivity index (χ1n) is 11.3. The highest BCUT2D eigenvalue weighted by Crippen LogP contribution is 2.34. The van der Waals surface area contributed by atoms with Crippen LogP contribution in [0.1, 0.15) is 51.6 Å². The predicted molar refractivity (Wildman–Crippen MR) is 115 cm³/mol. The molecule has 1 saturated heterocycles. The number of aliphatic hydroxyl groups is 3. The first-order valence-corrected chi connectivity index (χ1v) is 11.3. The lowest BCUT2D eigenvalue weighted by molar-refractivity contribution is -0.137. The number of ether oxygens (including phenoxy) is 1. The van der Waals surface area contributed by atoms with Gasteiger partial charge in [0.15, 0.2) is 23.8 Å². The number of anilines is 1. The van der Waals surface area contributed by atoms with Gasteiger partial charge < -0.3 is 31.1 Å². The second kappa shape index (κ2) is 9.26. The van der Waals surface area contributed by atoms with Crippen molar-refractivity contribution in [2.24, 2.45) is 11.8 Å². The fraction of sp³-hybridized carbons (Fsp3) is 0.714. The molecule has 0 spiro atoms. The molecule has 32 heavy (non-hydrogen) atoms. The average molecular weight is 449 g/mol. The predicted octanol–water partition coefficient (Wildman–Crippen LogP) is -0.106.